The maximum absolute atomic E-state index is 13.7. The van der Waals surface area contributed by atoms with E-state index in [2.05, 4.69) is 13.8 Å². The Morgan fingerprint density at radius 3 is 2.31 bits per heavy atom. The molecule has 1 aliphatic rings. The molecule has 1 fully saturated rings. The predicted molar refractivity (Wildman–Crippen MR) is 60.1 cm³/mol. The Labute approximate surface area is 94.7 Å². The van der Waals surface area contributed by atoms with Crippen LogP contribution in [0.3, 0.4) is 0 Å². The van der Waals surface area contributed by atoms with Crippen LogP contribution >= 0.6 is 0 Å². The zero-order valence-electron chi connectivity index (χ0n) is 9.69. The monoisotopic (exact) mass is 225 g/mol. The van der Waals surface area contributed by atoms with Gasteiger partial charge in [0.05, 0.1) is 0 Å². The van der Waals surface area contributed by atoms with E-state index in [0.29, 0.717) is 12.1 Å². The lowest BCUT2D eigenvalue weighted by Crippen LogP contribution is -2.51. The smallest absolute Gasteiger partial charge is 0.129 e. The van der Waals surface area contributed by atoms with Gasteiger partial charge in [-0.15, -0.1) is 0 Å². The first-order valence-corrected chi connectivity index (χ1v) is 5.54. The van der Waals surface area contributed by atoms with Crippen molar-refractivity contribution in [2.75, 3.05) is 6.54 Å². The molecule has 0 amide bonds. The van der Waals surface area contributed by atoms with Crippen molar-refractivity contribution in [3.05, 3.63) is 35.4 Å². The molecule has 0 radical (unpaired) electrons. The summed E-state index contributed by atoms with van der Waals surface area (Å²) in [5, 5.41) is 0. The highest BCUT2D eigenvalue weighted by Crippen LogP contribution is 2.55. The van der Waals surface area contributed by atoms with E-state index >= 15 is 0 Å². The number of benzene rings is 1. The van der Waals surface area contributed by atoms with Gasteiger partial charge in [-0.1, -0.05) is 19.9 Å². The summed E-state index contributed by atoms with van der Waals surface area (Å²) >= 11 is 0. The van der Waals surface area contributed by atoms with E-state index in [-0.39, 0.29) is 10.8 Å². The van der Waals surface area contributed by atoms with E-state index < -0.39 is 11.6 Å². The minimum absolute atomic E-state index is 0.209. The number of halogens is 2. The number of hydrogen-bond acceptors (Lipinski definition) is 1. The largest absolute Gasteiger partial charge is 0.330 e. The Morgan fingerprint density at radius 1 is 1.25 bits per heavy atom. The summed E-state index contributed by atoms with van der Waals surface area (Å²) in [5.74, 6) is -1.01. The van der Waals surface area contributed by atoms with Crippen molar-refractivity contribution >= 4 is 0 Å². The van der Waals surface area contributed by atoms with Gasteiger partial charge in [-0.05, 0) is 29.9 Å². The molecule has 1 aromatic carbocycles. The van der Waals surface area contributed by atoms with E-state index in [1.54, 1.807) is 0 Å². The summed E-state index contributed by atoms with van der Waals surface area (Å²) in [4.78, 5) is 0. The van der Waals surface area contributed by atoms with E-state index in [4.69, 9.17) is 5.73 Å². The van der Waals surface area contributed by atoms with Crippen LogP contribution in [-0.4, -0.2) is 6.54 Å². The number of rotatable bonds is 2. The molecular weight excluding hydrogens is 208 g/mol. The molecule has 0 heterocycles. The highest BCUT2D eigenvalue weighted by molar-refractivity contribution is 5.32. The van der Waals surface area contributed by atoms with Gasteiger partial charge in [-0.2, -0.15) is 0 Å². The maximum Gasteiger partial charge on any atom is 0.129 e. The average molecular weight is 225 g/mol. The normalized spacial score (nSPS) is 21.6. The first-order valence-electron chi connectivity index (χ1n) is 5.54. The Kier molecular flexibility index (Phi) is 2.54. The first-order chi connectivity index (χ1) is 7.38. The van der Waals surface area contributed by atoms with Crippen molar-refractivity contribution in [3.63, 3.8) is 0 Å². The van der Waals surface area contributed by atoms with Crippen LogP contribution in [-0.2, 0) is 5.41 Å². The molecule has 0 aliphatic heterocycles. The summed E-state index contributed by atoms with van der Waals surface area (Å²) < 4.78 is 26.6. The van der Waals surface area contributed by atoms with Crippen LogP contribution in [0.2, 0.25) is 0 Å². The molecule has 0 spiro atoms. The maximum atomic E-state index is 13.7. The summed E-state index contributed by atoms with van der Waals surface area (Å²) in [5.41, 5.74) is 6.25. The summed E-state index contributed by atoms with van der Waals surface area (Å²) in [6.45, 7) is 4.70. The second kappa shape index (κ2) is 3.52. The van der Waals surface area contributed by atoms with Gasteiger partial charge in [0.2, 0.25) is 0 Å². The highest BCUT2D eigenvalue weighted by Gasteiger charge is 2.50. The third-order valence-corrected chi connectivity index (χ3v) is 3.53. The van der Waals surface area contributed by atoms with Gasteiger partial charge in [0.25, 0.3) is 0 Å². The summed E-state index contributed by atoms with van der Waals surface area (Å²) in [7, 11) is 0. The summed E-state index contributed by atoms with van der Waals surface area (Å²) in [6, 6.07) is 3.78. The molecule has 1 aromatic rings. The fourth-order valence-corrected chi connectivity index (χ4v) is 3.14. The lowest BCUT2D eigenvalue weighted by Gasteiger charge is -2.53. The molecule has 0 bridgehead atoms. The van der Waals surface area contributed by atoms with E-state index in [0.717, 1.165) is 18.9 Å². The fourth-order valence-electron chi connectivity index (χ4n) is 3.14. The van der Waals surface area contributed by atoms with E-state index in [1.165, 1.54) is 12.1 Å². The predicted octanol–water partition coefficient (Wildman–Crippen LogP) is 2.98. The van der Waals surface area contributed by atoms with Gasteiger partial charge < -0.3 is 5.73 Å². The molecule has 0 saturated heterocycles. The molecule has 2 rings (SSSR count). The lowest BCUT2D eigenvalue weighted by molar-refractivity contribution is 0.0605. The molecule has 2 N–H and O–H groups in total. The number of nitrogens with two attached hydrogens (primary N) is 1. The number of hydrogen-bond donors (Lipinski definition) is 1. The molecule has 1 saturated carbocycles. The molecule has 3 heteroatoms. The van der Waals surface area contributed by atoms with Gasteiger partial charge in [0, 0.05) is 18.0 Å². The molecule has 16 heavy (non-hydrogen) atoms. The Morgan fingerprint density at radius 2 is 1.88 bits per heavy atom. The summed E-state index contributed by atoms with van der Waals surface area (Å²) in [6.07, 6.45) is 1.72. The molecule has 0 atom stereocenters. The van der Waals surface area contributed by atoms with Crippen LogP contribution in [0.1, 0.15) is 32.3 Å². The molecule has 88 valence electrons. The van der Waals surface area contributed by atoms with Crippen LogP contribution < -0.4 is 5.73 Å². The van der Waals surface area contributed by atoms with Crippen molar-refractivity contribution in [3.8, 4) is 0 Å². The third kappa shape index (κ3) is 1.73. The second-order valence-electron chi connectivity index (χ2n) is 5.63. The van der Waals surface area contributed by atoms with Crippen molar-refractivity contribution in [1.29, 1.82) is 0 Å². The van der Waals surface area contributed by atoms with Crippen molar-refractivity contribution in [2.45, 2.75) is 32.1 Å². The van der Waals surface area contributed by atoms with Crippen LogP contribution in [0, 0.1) is 17.0 Å². The van der Waals surface area contributed by atoms with Gasteiger partial charge in [0.1, 0.15) is 11.6 Å². The van der Waals surface area contributed by atoms with Crippen LogP contribution in [0.4, 0.5) is 8.78 Å². The van der Waals surface area contributed by atoms with E-state index in [1.807, 2.05) is 0 Å². The average Bonchev–Trinajstić information content (AvgIpc) is 2.13. The lowest BCUT2D eigenvalue weighted by atomic mass is 9.52. The van der Waals surface area contributed by atoms with Crippen molar-refractivity contribution in [1.82, 2.24) is 0 Å². The zero-order chi connectivity index (χ0) is 12.0. The molecule has 1 nitrogen and oxygen atoms in total. The Hall–Kier alpha value is -0.960. The molecule has 0 aromatic heterocycles. The van der Waals surface area contributed by atoms with Crippen LogP contribution in [0.5, 0.6) is 0 Å². The van der Waals surface area contributed by atoms with Gasteiger partial charge in [-0.25, -0.2) is 8.78 Å². The minimum atomic E-state index is -0.535. The van der Waals surface area contributed by atoms with Gasteiger partial charge >= 0.3 is 0 Å². The quantitative estimate of drug-likeness (QED) is 0.822. The highest BCUT2D eigenvalue weighted by atomic mass is 19.1. The Balaban J connectivity index is 2.36. The second-order valence-corrected chi connectivity index (χ2v) is 5.63. The SMILES string of the molecule is CC1(C)CC(CN)(c2ccc(F)cc2F)C1. The van der Waals surface area contributed by atoms with Gasteiger partial charge in [-0.3, -0.25) is 0 Å². The third-order valence-electron chi connectivity index (χ3n) is 3.53. The fraction of sp³-hybridized carbons (Fsp3) is 0.538. The molecule has 0 unspecified atom stereocenters. The van der Waals surface area contributed by atoms with E-state index in [9.17, 15) is 8.78 Å². The van der Waals surface area contributed by atoms with Crippen LogP contribution in [0.25, 0.3) is 0 Å². The van der Waals surface area contributed by atoms with Crippen LogP contribution in [0.15, 0.2) is 18.2 Å². The minimum Gasteiger partial charge on any atom is -0.330 e. The topological polar surface area (TPSA) is 26.0 Å². The van der Waals surface area contributed by atoms with Crippen molar-refractivity contribution in [2.24, 2.45) is 11.1 Å². The standard InChI is InChI=1S/C13H17F2N/c1-12(2)6-13(7-12,8-16)10-4-3-9(14)5-11(10)15/h3-5H,6-8,16H2,1-2H3. The molecular formula is C13H17F2N. The van der Waals surface area contributed by atoms with Crippen molar-refractivity contribution < 1.29 is 8.78 Å². The molecule has 1 aliphatic carbocycles. The first kappa shape index (κ1) is 11.5. The zero-order valence-corrected chi connectivity index (χ0v) is 9.69. The Bertz CT molecular complexity index is 404. The van der Waals surface area contributed by atoms with Gasteiger partial charge in [0.15, 0.2) is 0 Å².